The molecule has 8 nitrogen and oxygen atoms in total. The van der Waals surface area contributed by atoms with Gasteiger partial charge in [0.2, 0.25) is 5.91 Å². The number of halogens is 3. The summed E-state index contributed by atoms with van der Waals surface area (Å²) in [6, 6.07) is 6.12. The molecule has 4 rings (SSSR count). The van der Waals surface area contributed by atoms with Crippen molar-refractivity contribution in [1.29, 1.82) is 0 Å². The fraction of sp³-hybridized carbons (Fsp3) is 0.364. The van der Waals surface area contributed by atoms with Crippen LogP contribution in [-0.2, 0) is 28.8 Å². The number of likely N-dealkylation sites (tertiary alicyclic amines) is 1. The third-order valence-corrected chi connectivity index (χ3v) is 6.38. The molecule has 1 fully saturated rings. The lowest BCUT2D eigenvalue weighted by Crippen LogP contribution is -2.42. The number of rotatable bonds is 7. The van der Waals surface area contributed by atoms with E-state index in [1.54, 1.807) is 22.1 Å². The molecule has 0 spiro atoms. The summed E-state index contributed by atoms with van der Waals surface area (Å²) in [5, 5.41) is 14.6. The minimum absolute atomic E-state index is 0.0218. The van der Waals surface area contributed by atoms with E-state index in [1.807, 2.05) is 21.7 Å². The summed E-state index contributed by atoms with van der Waals surface area (Å²) in [5.41, 5.74) is 0.729. The average molecular weight is 494 g/mol. The van der Waals surface area contributed by atoms with Crippen molar-refractivity contribution in [2.45, 2.75) is 37.8 Å². The predicted molar refractivity (Wildman–Crippen MR) is 117 cm³/mol. The van der Waals surface area contributed by atoms with Gasteiger partial charge in [0.25, 0.3) is 0 Å². The number of carbonyl (C=O) groups excluding carboxylic acids is 2. The predicted octanol–water partition coefficient (Wildman–Crippen LogP) is 3.28. The van der Waals surface area contributed by atoms with E-state index in [0.717, 1.165) is 17.7 Å². The molecule has 1 aliphatic rings. The van der Waals surface area contributed by atoms with Gasteiger partial charge in [0.15, 0.2) is 5.69 Å². The van der Waals surface area contributed by atoms with Gasteiger partial charge < -0.3 is 10.1 Å². The molecule has 3 heterocycles. The molecule has 0 radical (unpaired) electrons. The molecule has 1 N–H and O–H groups in total. The van der Waals surface area contributed by atoms with Gasteiger partial charge in [-0.3, -0.25) is 9.69 Å². The zero-order valence-electron chi connectivity index (χ0n) is 18.2. The van der Waals surface area contributed by atoms with E-state index in [9.17, 15) is 22.8 Å². The Morgan fingerprint density at radius 2 is 2.09 bits per heavy atom. The van der Waals surface area contributed by atoms with Crippen LogP contribution >= 0.6 is 11.3 Å². The van der Waals surface area contributed by atoms with Crippen molar-refractivity contribution in [2.75, 3.05) is 13.7 Å². The quantitative estimate of drug-likeness (QED) is 0.509. The highest BCUT2D eigenvalue weighted by Crippen LogP contribution is 2.31. The summed E-state index contributed by atoms with van der Waals surface area (Å²) >= 11 is 1.55. The second-order valence-corrected chi connectivity index (χ2v) is 8.74. The Labute approximate surface area is 197 Å². The van der Waals surface area contributed by atoms with Gasteiger partial charge in [-0.25, -0.2) is 9.48 Å². The molecule has 12 heteroatoms. The van der Waals surface area contributed by atoms with Crippen LogP contribution in [0.2, 0.25) is 0 Å². The molecular formula is C22H22F3N5O3S. The van der Waals surface area contributed by atoms with E-state index < -0.39 is 23.8 Å². The lowest BCUT2D eigenvalue weighted by Gasteiger charge is -2.23. The maximum absolute atomic E-state index is 13.1. The molecule has 1 aliphatic heterocycles. The molecule has 2 atom stereocenters. The first-order valence-corrected chi connectivity index (χ1v) is 11.4. The van der Waals surface area contributed by atoms with Gasteiger partial charge in [0, 0.05) is 19.6 Å². The van der Waals surface area contributed by atoms with E-state index in [1.165, 1.54) is 19.4 Å². The van der Waals surface area contributed by atoms with Gasteiger partial charge in [0.1, 0.15) is 0 Å². The first-order chi connectivity index (χ1) is 16.2. The molecule has 0 saturated carbocycles. The maximum atomic E-state index is 13.1. The topological polar surface area (TPSA) is 89.4 Å². The van der Waals surface area contributed by atoms with Crippen LogP contribution in [0.4, 0.5) is 13.2 Å². The molecule has 0 unspecified atom stereocenters. The summed E-state index contributed by atoms with van der Waals surface area (Å²) in [6.07, 6.45) is -2.55. The molecule has 2 aromatic heterocycles. The fourth-order valence-electron chi connectivity index (χ4n) is 3.95. The maximum Gasteiger partial charge on any atom is 0.416 e. The molecule has 0 bridgehead atoms. The van der Waals surface area contributed by atoms with Crippen LogP contribution in [0.15, 0.2) is 47.3 Å². The van der Waals surface area contributed by atoms with Gasteiger partial charge >= 0.3 is 12.1 Å². The second kappa shape index (κ2) is 9.94. The Morgan fingerprint density at radius 1 is 1.26 bits per heavy atom. The van der Waals surface area contributed by atoms with Crippen molar-refractivity contribution < 1.29 is 27.5 Å². The number of alkyl halides is 3. The van der Waals surface area contributed by atoms with Crippen molar-refractivity contribution in [2.24, 2.45) is 0 Å². The lowest BCUT2D eigenvalue weighted by atomic mass is 10.1. The molecule has 180 valence electrons. The van der Waals surface area contributed by atoms with Crippen LogP contribution in [0.25, 0.3) is 0 Å². The normalized spacial score (nSPS) is 18.7. The lowest BCUT2D eigenvalue weighted by molar-refractivity contribution is -0.137. The zero-order chi connectivity index (χ0) is 24.3. The Hall–Kier alpha value is -3.25. The van der Waals surface area contributed by atoms with Gasteiger partial charge in [-0.2, -0.15) is 24.5 Å². The summed E-state index contributed by atoms with van der Waals surface area (Å²) in [7, 11) is 1.25. The largest absolute Gasteiger partial charge is 0.464 e. The molecule has 1 aromatic carbocycles. The van der Waals surface area contributed by atoms with Crippen molar-refractivity contribution in [1.82, 2.24) is 25.2 Å². The number of aromatic nitrogens is 3. The van der Waals surface area contributed by atoms with E-state index in [4.69, 9.17) is 0 Å². The number of benzene rings is 1. The number of ether oxygens (including phenoxy) is 1. The van der Waals surface area contributed by atoms with E-state index in [0.29, 0.717) is 25.1 Å². The average Bonchev–Trinajstić information content (AvgIpc) is 3.58. The van der Waals surface area contributed by atoms with Crippen LogP contribution in [-0.4, -0.2) is 51.5 Å². The number of hydrogen-bond donors (Lipinski definition) is 1. The number of amides is 1. The van der Waals surface area contributed by atoms with Gasteiger partial charge in [0.05, 0.1) is 31.0 Å². The Kier molecular flexibility index (Phi) is 6.98. The number of hydrogen-bond acceptors (Lipinski definition) is 7. The van der Waals surface area contributed by atoms with Gasteiger partial charge in [-0.15, -0.1) is 5.10 Å². The molecule has 34 heavy (non-hydrogen) atoms. The van der Waals surface area contributed by atoms with Crippen LogP contribution in [0.5, 0.6) is 0 Å². The Bertz CT molecular complexity index is 1150. The third-order valence-electron chi connectivity index (χ3n) is 5.65. The number of methoxy groups -OCH3 is 1. The highest BCUT2D eigenvalue weighted by molar-refractivity contribution is 7.07. The van der Waals surface area contributed by atoms with E-state index >= 15 is 0 Å². The van der Waals surface area contributed by atoms with Crippen molar-refractivity contribution in [3.8, 4) is 0 Å². The van der Waals surface area contributed by atoms with Crippen LogP contribution in [0.3, 0.4) is 0 Å². The van der Waals surface area contributed by atoms with Crippen LogP contribution < -0.4 is 5.32 Å². The highest BCUT2D eigenvalue weighted by Gasteiger charge is 2.38. The van der Waals surface area contributed by atoms with Crippen molar-refractivity contribution >= 4 is 23.2 Å². The summed E-state index contributed by atoms with van der Waals surface area (Å²) in [6.45, 7) is 0.994. The molecular weight excluding hydrogens is 471 g/mol. The standard InChI is InChI=1S/C22H22F3N5O3S/c1-33-21(32)18-12-30(28-27-18)17-8-19(29(11-17)10-15-5-6-34-13-15)20(31)26-9-14-3-2-4-16(7-14)22(23,24)25/h2-7,12-13,17,19H,8-11H2,1H3,(H,26,31)/t17-,19-/m0/s1. The minimum Gasteiger partial charge on any atom is -0.464 e. The number of nitrogens with one attached hydrogen (secondary N) is 1. The zero-order valence-corrected chi connectivity index (χ0v) is 19.0. The smallest absolute Gasteiger partial charge is 0.416 e. The molecule has 3 aromatic rings. The Morgan fingerprint density at radius 3 is 2.79 bits per heavy atom. The first kappa shape index (κ1) is 23.9. The van der Waals surface area contributed by atoms with Gasteiger partial charge in [-0.05, 0) is 46.5 Å². The van der Waals surface area contributed by atoms with Crippen molar-refractivity contribution in [3.63, 3.8) is 0 Å². The van der Waals surface area contributed by atoms with Crippen LogP contribution in [0.1, 0.15) is 39.6 Å². The second-order valence-electron chi connectivity index (χ2n) is 7.96. The fourth-order valence-corrected chi connectivity index (χ4v) is 4.61. The monoisotopic (exact) mass is 493 g/mol. The van der Waals surface area contributed by atoms with Gasteiger partial charge in [-0.1, -0.05) is 17.3 Å². The number of carbonyl (C=O) groups is 2. The van der Waals surface area contributed by atoms with E-state index in [2.05, 4.69) is 20.4 Å². The third kappa shape index (κ3) is 5.45. The SMILES string of the molecule is COC(=O)c1cn([C@H]2C[C@@H](C(=O)NCc3cccc(C(F)(F)F)c3)N(Cc3ccsc3)C2)nn1. The highest BCUT2D eigenvalue weighted by atomic mass is 32.1. The Balaban J connectivity index is 1.47. The first-order valence-electron chi connectivity index (χ1n) is 10.4. The molecule has 1 amide bonds. The number of nitrogens with zero attached hydrogens (tertiary/aromatic N) is 4. The summed E-state index contributed by atoms with van der Waals surface area (Å²) in [4.78, 5) is 26.8. The minimum atomic E-state index is -4.45. The molecule has 1 saturated heterocycles. The number of thiophene rings is 1. The summed E-state index contributed by atoms with van der Waals surface area (Å²) < 4.78 is 45.2. The van der Waals surface area contributed by atoms with Crippen LogP contribution in [0, 0.1) is 0 Å². The van der Waals surface area contributed by atoms with E-state index in [-0.39, 0.29) is 24.2 Å². The number of esters is 1. The summed E-state index contributed by atoms with van der Waals surface area (Å²) in [5.74, 6) is -0.891. The molecule has 0 aliphatic carbocycles. The van der Waals surface area contributed by atoms with Crippen molar-refractivity contribution in [3.05, 3.63) is 69.7 Å².